The second-order valence-electron chi connectivity index (χ2n) is 5.06. The van der Waals surface area contributed by atoms with Gasteiger partial charge in [-0.15, -0.1) is 0 Å². The van der Waals surface area contributed by atoms with Crippen LogP contribution < -0.4 is 5.73 Å². The first-order valence-corrected chi connectivity index (χ1v) is 6.83. The Hall–Kier alpha value is -1.68. The standard InChI is InChI=1S/C15H22N4/c1-4-12(3)19-9-8-13(18-19)10-14(16)15-7-5-6-11(2)17-15/h5-9,12,14H,4,10,16H2,1-3H3. The number of hydrogen-bond acceptors (Lipinski definition) is 3. The van der Waals surface area contributed by atoms with Gasteiger partial charge in [0.25, 0.3) is 0 Å². The van der Waals surface area contributed by atoms with Gasteiger partial charge in [0, 0.05) is 24.4 Å². The molecule has 102 valence electrons. The normalized spacial score (nSPS) is 14.3. The van der Waals surface area contributed by atoms with Gasteiger partial charge in [0.05, 0.1) is 17.4 Å². The van der Waals surface area contributed by atoms with E-state index in [4.69, 9.17) is 5.73 Å². The monoisotopic (exact) mass is 258 g/mol. The summed E-state index contributed by atoms with van der Waals surface area (Å²) in [6.45, 7) is 6.31. The van der Waals surface area contributed by atoms with Gasteiger partial charge in [0.2, 0.25) is 0 Å². The van der Waals surface area contributed by atoms with Crippen molar-refractivity contribution in [2.24, 2.45) is 5.73 Å². The van der Waals surface area contributed by atoms with E-state index in [-0.39, 0.29) is 6.04 Å². The summed E-state index contributed by atoms with van der Waals surface area (Å²) in [6, 6.07) is 8.33. The third-order valence-electron chi connectivity index (χ3n) is 3.42. The number of pyridine rings is 1. The Kier molecular flexibility index (Phi) is 4.32. The molecular formula is C15H22N4. The predicted octanol–water partition coefficient (Wildman–Crippen LogP) is 2.80. The number of aryl methyl sites for hydroxylation is 1. The second kappa shape index (κ2) is 5.97. The van der Waals surface area contributed by atoms with E-state index in [1.165, 1.54) is 0 Å². The van der Waals surface area contributed by atoms with E-state index in [0.29, 0.717) is 6.04 Å². The molecule has 2 atom stereocenters. The lowest BCUT2D eigenvalue weighted by Crippen LogP contribution is -2.16. The largest absolute Gasteiger partial charge is 0.322 e. The summed E-state index contributed by atoms with van der Waals surface area (Å²) in [5.74, 6) is 0. The average Bonchev–Trinajstić information content (AvgIpc) is 2.86. The molecule has 0 bridgehead atoms. The molecule has 0 radical (unpaired) electrons. The van der Waals surface area contributed by atoms with Crippen molar-refractivity contribution < 1.29 is 0 Å². The lowest BCUT2D eigenvalue weighted by atomic mass is 10.1. The Morgan fingerprint density at radius 3 is 2.79 bits per heavy atom. The van der Waals surface area contributed by atoms with Gasteiger partial charge in [0.15, 0.2) is 0 Å². The number of aromatic nitrogens is 3. The molecular weight excluding hydrogens is 236 g/mol. The number of nitrogens with two attached hydrogens (primary N) is 1. The molecule has 2 aromatic heterocycles. The summed E-state index contributed by atoms with van der Waals surface area (Å²) in [5.41, 5.74) is 9.15. The molecule has 4 nitrogen and oxygen atoms in total. The molecule has 0 amide bonds. The van der Waals surface area contributed by atoms with Gasteiger partial charge in [0.1, 0.15) is 0 Å². The van der Waals surface area contributed by atoms with Gasteiger partial charge in [-0.2, -0.15) is 5.10 Å². The van der Waals surface area contributed by atoms with Crippen LogP contribution in [0.25, 0.3) is 0 Å². The highest BCUT2D eigenvalue weighted by molar-refractivity contribution is 5.15. The van der Waals surface area contributed by atoms with Crippen molar-refractivity contribution in [2.45, 2.75) is 45.7 Å². The highest BCUT2D eigenvalue weighted by Gasteiger charge is 2.11. The Morgan fingerprint density at radius 1 is 1.32 bits per heavy atom. The van der Waals surface area contributed by atoms with Crippen LogP contribution in [-0.4, -0.2) is 14.8 Å². The van der Waals surface area contributed by atoms with E-state index in [1.54, 1.807) is 0 Å². The maximum Gasteiger partial charge on any atom is 0.0644 e. The molecule has 0 fully saturated rings. The Labute approximate surface area is 114 Å². The van der Waals surface area contributed by atoms with Crippen LogP contribution >= 0.6 is 0 Å². The van der Waals surface area contributed by atoms with Crippen LogP contribution in [0.4, 0.5) is 0 Å². The SMILES string of the molecule is CCC(C)n1ccc(CC(N)c2cccc(C)n2)n1. The summed E-state index contributed by atoms with van der Waals surface area (Å²) < 4.78 is 2.01. The fraction of sp³-hybridized carbons (Fsp3) is 0.467. The zero-order valence-corrected chi connectivity index (χ0v) is 11.9. The van der Waals surface area contributed by atoms with Crippen molar-refractivity contribution >= 4 is 0 Å². The topological polar surface area (TPSA) is 56.7 Å². The summed E-state index contributed by atoms with van der Waals surface area (Å²) in [5, 5.41) is 4.58. The molecule has 2 aromatic rings. The molecule has 19 heavy (non-hydrogen) atoms. The first-order valence-electron chi connectivity index (χ1n) is 6.83. The lowest BCUT2D eigenvalue weighted by Gasteiger charge is -2.11. The smallest absolute Gasteiger partial charge is 0.0644 e. The molecule has 0 spiro atoms. The van der Waals surface area contributed by atoms with Crippen molar-refractivity contribution in [3.05, 3.63) is 47.5 Å². The minimum absolute atomic E-state index is 0.0971. The molecule has 0 saturated carbocycles. The molecule has 2 unspecified atom stereocenters. The highest BCUT2D eigenvalue weighted by Crippen LogP contribution is 2.15. The maximum atomic E-state index is 6.20. The van der Waals surface area contributed by atoms with E-state index >= 15 is 0 Å². The minimum Gasteiger partial charge on any atom is -0.322 e. The number of nitrogens with zero attached hydrogens (tertiary/aromatic N) is 3. The fourth-order valence-electron chi connectivity index (χ4n) is 2.02. The summed E-state index contributed by atoms with van der Waals surface area (Å²) in [7, 11) is 0. The van der Waals surface area contributed by atoms with Crippen LogP contribution in [0.15, 0.2) is 30.5 Å². The zero-order valence-electron chi connectivity index (χ0n) is 11.9. The van der Waals surface area contributed by atoms with E-state index in [0.717, 1.165) is 29.9 Å². The lowest BCUT2D eigenvalue weighted by molar-refractivity contribution is 0.471. The van der Waals surface area contributed by atoms with Gasteiger partial charge in [-0.05, 0) is 38.5 Å². The molecule has 4 heteroatoms. The predicted molar refractivity (Wildman–Crippen MR) is 76.8 cm³/mol. The van der Waals surface area contributed by atoms with Crippen molar-refractivity contribution in [2.75, 3.05) is 0 Å². The molecule has 0 aliphatic heterocycles. The average molecular weight is 258 g/mol. The van der Waals surface area contributed by atoms with Gasteiger partial charge < -0.3 is 5.73 Å². The molecule has 0 aliphatic carbocycles. The number of rotatable bonds is 5. The summed E-state index contributed by atoms with van der Waals surface area (Å²) in [6.07, 6.45) is 3.83. The van der Waals surface area contributed by atoms with E-state index < -0.39 is 0 Å². The van der Waals surface area contributed by atoms with Crippen LogP contribution in [0, 0.1) is 6.92 Å². The summed E-state index contributed by atoms with van der Waals surface area (Å²) >= 11 is 0. The first-order chi connectivity index (χ1) is 9.10. The molecule has 0 saturated heterocycles. The highest BCUT2D eigenvalue weighted by atomic mass is 15.3. The van der Waals surface area contributed by atoms with Gasteiger partial charge in [-0.1, -0.05) is 13.0 Å². The van der Waals surface area contributed by atoms with Crippen molar-refractivity contribution in [1.29, 1.82) is 0 Å². The Balaban J connectivity index is 2.06. The van der Waals surface area contributed by atoms with Crippen LogP contribution in [-0.2, 0) is 6.42 Å². The first kappa shape index (κ1) is 13.7. The van der Waals surface area contributed by atoms with Gasteiger partial charge >= 0.3 is 0 Å². The van der Waals surface area contributed by atoms with E-state index in [9.17, 15) is 0 Å². The minimum atomic E-state index is -0.0971. The van der Waals surface area contributed by atoms with Crippen LogP contribution in [0.1, 0.15) is 49.4 Å². The van der Waals surface area contributed by atoms with Gasteiger partial charge in [-0.25, -0.2) is 0 Å². The van der Waals surface area contributed by atoms with Crippen molar-refractivity contribution in [3.63, 3.8) is 0 Å². The van der Waals surface area contributed by atoms with E-state index in [2.05, 4.69) is 23.9 Å². The van der Waals surface area contributed by atoms with Crippen molar-refractivity contribution in [1.82, 2.24) is 14.8 Å². The fourth-order valence-corrected chi connectivity index (χ4v) is 2.02. The Morgan fingerprint density at radius 2 is 2.11 bits per heavy atom. The van der Waals surface area contributed by atoms with Crippen LogP contribution in [0.2, 0.25) is 0 Å². The quantitative estimate of drug-likeness (QED) is 0.897. The third-order valence-corrected chi connectivity index (χ3v) is 3.42. The number of hydrogen-bond donors (Lipinski definition) is 1. The Bertz CT molecular complexity index is 532. The second-order valence-corrected chi connectivity index (χ2v) is 5.06. The van der Waals surface area contributed by atoms with Gasteiger partial charge in [-0.3, -0.25) is 9.67 Å². The molecule has 0 aliphatic rings. The van der Waals surface area contributed by atoms with Crippen LogP contribution in [0.3, 0.4) is 0 Å². The van der Waals surface area contributed by atoms with Crippen molar-refractivity contribution in [3.8, 4) is 0 Å². The third kappa shape index (κ3) is 3.41. The molecule has 2 rings (SSSR count). The summed E-state index contributed by atoms with van der Waals surface area (Å²) in [4.78, 5) is 4.47. The molecule has 2 N–H and O–H groups in total. The van der Waals surface area contributed by atoms with E-state index in [1.807, 2.05) is 42.1 Å². The zero-order chi connectivity index (χ0) is 13.8. The molecule has 2 heterocycles. The molecule has 0 aromatic carbocycles. The maximum absolute atomic E-state index is 6.20. The van der Waals surface area contributed by atoms with Crippen LogP contribution in [0.5, 0.6) is 0 Å².